The van der Waals surface area contributed by atoms with Gasteiger partial charge in [-0.25, -0.2) is 4.98 Å². The van der Waals surface area contributed by atoms with Gasteiger partial charge in [0.25, 0.3) is 5.56 Å². The molecular formula is C16H12N4OS. The average molecular weight is 308 g/mol. The van der Waals surface area contributed by atoms with E-state index in [2.05, 4.69) is 5.10 Å². The number of hydrogen-bond donors (Lipinski definition) is 0. The van der Waals surface area contributed by atoms with E-state index in [-0.39, 0.29) is 5.56 Å². The summed E-state index contributed by atoms with van der Waals surface area (Å²) in [6, 6.07) is 9.84. The van der Waals surface area contributed by atoms with Crippen LogP contribution in [0.5, 0.6) is 0 Å². The summed E-state index contributed by atoms with van der Waals surface area (Å²) in [6.07, 6.45) is 4.84. The normalized spacial score (nSPS) is 14.0. The highest BCUT2D eigenvalue weighted by molar-refractivity contribution is 7.18. The molecule has 1 aliphatic carbocycles. The standard InChI is InChI=1S/C16H12N4OS/c21-15-13-11-7-4-8-12(11)22-14(13)18-16-19(9-17-20(15)16)10-5-2-1-3-6-10/h1-3,5-6,9H,4,7-8H2. The molecule has 1 aromatic carbocycles. The van der Waals surface area contributed by atoms with Gasteiger partial charge in [-0.3, -0.25) is 9.36 Å². The van der Waals surface area contributed by atoms with Crippen LogP contribution in [0.1, 0.15) is 16.9 Å². The van der Waals surface area contributed by atoms with E-state index in [1.54, 1.807) is 17.7 Å². The first-order valence-corrected chi connectivity index (χ1v) is 8.10. The zero-order valence-electron chi connectivity index (χ0n) is 11.7. The number of aromatic nitrogens is 4. The molecule has 22 heavy (non-hydrogen) atoms. The molecule has 0 spiro atoms. The highest BCUT2D eigenvalue weighted by Gasteiger charge is 2.23. The van der Waals surface area contributed by atoms with Gasteiger partial charge < -0.3 is 0 Å². The van der Waals surface area contributed by atoms with Crippen molar-refractivity contribution in [3.8, 4) is 5.69 Å². The molecule has 6 heteroatoms. The molecule has 0 N–H and O–H groups in total. The summed E-state index contributed by atoms with van der Waals surface area (Å²) >= 11 is 1.66. The molecule has 0 radical (unpaired) electrons. The summed E-state index contributed by atoms with van der Waals surface area (Å²) in [5, 5.41) is 5.03. The highest BCUT2D eigenvalue weighted by atomic mass is 32.1. The molecule has 0 fully saturated rings. The fraction of sp³-hybridized carbons (Fsp3) is 0.188. The second-order valence-electron chi connectivity index (χ2n) is 5.50. The number of thiophene rings is 1. The fourth-order valence-corrected chi connectivity index (χ4v) is 4.46. The average Bonchev–Trinajstić information content (AvgIpc) is 3.21. The first-order chi connectivity index (χ1) is 10.8. The molecule has 0 aliphatic heterocycles. The summed E-state index contributed by atoms with van der Waals surface area (Å²) in [5.74, 6) is 0.573. The van der Waals surface area contributed by atoms with E-state index in [1.165, 1.54) is 15.0 Å². The third-order valence-electron chi connectivity index (χ3n) is 4.23. The predicted octanol–water partition coefficient (Wildman–Crippen LogP) is 2.58. The van der Waals surface area contributed by atoms with Crippen molar-refractivity contribution in [1.82, 2.24) is 19.2 Å². The molecule has 0 saturated carbocycles. The van der Waals surface area contributed by atoms with Crippen LogP contribution >= 0.6 is 11.3 Å². The first kappa shape index (κ1) is 12.1. The summed E-state index contributed by atoms with van der Waals surface area (Å²) in [4.78, 5) is 19.7. The summed E-state index contributed by atoms with van der Waals surface area (Å²) < 4.78 is 3.27. The van der Waals surface area contributed by atoms with Crippen molar-refractivity contribution >= 4 is 27.3 Å². The van der Waals surface area contributed by atoms with E-state index < -0.39 is 0 Å². The third kappa shape index (κ3) is 1.50. The van der Waals surface area contributed by atoms with Crippen LogP contribution in [0.25, 0.3) is 21.7 Å². The van der Waals surface area contributed by atoms with Crippen molar-refractivity contribution in [2.45, 2.75) is 19.3 Å². The molecule has 3 heterocycles. The summed E-state index contributed by atoms with van der Waals surface area (Å²) in [5.41, 5.74) is 2.10. The van der Waals surface area contributed by atoms with Crippen LogP contribution in [0.15, 0.2) is 41.5 Å². The lowest BCUT2D eigenvalue weighted by molar-refractivity contribution is 0.903. The topological polar surface area (TPSA) is 52.2 Å². The number of aryl methyl sites for hydroxylation is 2. The van der Waals surface area contributed by atoms with Gasteiger partial charge in [-0.15, -0.1) is 11.3 Å². The zero-order valence-corrected chi connectivity index (χ0v) is 12.5. The van der Waals surface area contributed by atoms with Gasteiger partial charge in [-0.1, -0.05) is 18.2 Å². The van der Waals surface area contributed by atoms with Gasteiger partial charge in [0.15, 0.2) is 0 Å². The second-order valence-corrected chi connectivity index (χ2v) is 6.59. The Hall–Kier alpha value is -2.47. The lowest BCUT2D eigenvalue weighted by atomic mass is 10.2. The summed E-state index contributed by atoms with van der Waals surface area (Å²) in [7, 11) is 0. The number of hydrogen-bond acceptors (Lipinski definition) is 4. The van der Waals surface area contributed by atoms with Crippen molar-refractivity contribution < 1.29 is 0 Å². The Bertz CT molecular complexity index is 1070. The van der Waals surface area contributed by atoms with Gasteiger partial charge in [-0.2, -0.15) is 9.61 Å². The molecule has 5 rings (SSSR count). The van der Waals surface area contributed by atoms with Gasteiger partial charge in [0.05, 0.1) is 11.1 Å². The number of nitrogens with zero attached hydrogens (tertiary/aromatic N) is 4. The molecule has 0 atom stereocenters. The van der Waals surface area contributed by atoms with E-state index in [9.17, 15) is 4.79 Å². The minimum Gasteiger partial charge on any atom is -0.267 e. The molecule has 0 amide bonds. The van der Waals surface area contributed by atoms with Gasteiger partial charge in [0, 0.05) is 4.88 Å². The third-order valence-corrected chi connectivity index (χ3v) is 5.42. The van der Waals surface area contributed by atoms with Crippen LogP contribution in [-0.2, 0) is 12.8 Å². The van der Waals surface area contributed by atoms with Crippen LogP contribution in [-0.4, -0.2) is 19.2 Å². The second kappa shape index (κ2) is 4.27. The van der Waals surface area contributed by atoms with E-state index in [4.69, 9.17) is 4.98 Å². The fourth-order valence-electron chi connectivity index (χ4n) is 3.21. The van der Waals surface area contributed by atoms with Crippen molar-refractivity contribution in [3.63, 3.8) is 0 Å². The van der Waals surface area contributed by atoms with Crippen LogP contribution in [0.4, 0.5) is 0 Å². The Kier molecular flexibility index (Phi) is 2.35. The van der Waals surface area contributed by atoms with E-state index in [1.807, 2.05) is 34.9 Å². The maximum Gasteiger partial charge on any atom is 0.284 e. The quantitative estimate of drug-likeness (QED) is 0.543. The van der Waals surface area contributed by atoms with Gasteiger partial charge in [0.2, 0.25) is 5.78 Å². The van der Waals surface area contributed by atoms with Crippen molar-refractivity contribution in [2.75, 3.05) is 0 Å². The van der Waals surface area contributed by atoms with Crippen LogP contribution in [0.2, 0.25) is 0 Å². The van der Waals surface area contributed by atoms with Crippen LogP contribution < -0.4 is 5.56 Å². The minimum absolute atomic E-state index is 0.0471. The molecule has 108 valence electrons. The van der Waals surface area contributed by atoms with Gasteiger partial charge in [-0.05, 0) is 37.0 Å². The van der Waals surface area contributed by atoms with Crippen LogP contribution in [0.3, 0.4) is 0 Å². The van der Waals surface area contributed by atoms with Crippen molar-refractivity contribution in [2.24, 2.45) is 0 Å². The largest absolute Gasteiger partial charge is 0.284 e. The Balaban J connectivity index is 1.89. The number of fused-ring (bicyclic) bond motifs is 4. The first-order valence-electron chi connectivity index (χ1n) is 7.29. The molecular weight excluding hydrogens is 296 g/mol. The molecule has 0 unspecified atom stereocenters. The molecule has 4 aromatic rings. The number of benzene rings is 1. The van der Waals surface area contributed by atoms with E-state index in [0.29, 0.717) is 5.78 Å². The van der Waals surface area contributed by atoms with Crippen molar-refractivity contribution in [1.29, 1.82) is 0 Å². The van der Waals surface area contributed by atoms with E-state index in [0.717, 1.165) is 35.2 Å². The smallest absolute Gasteiger partial charge is 0.267 e. The Morgan fingerprint density at radius 3 is 2.86 bits per heavy atom. The molecule has 0 saturated heterocycles. The molecule has 1 aliphatic rings. The SMILES string of the molecule is O=c1c2c3c(sc2nc2n(-c4ccccc4)cnn12)CCC3. The Morgan fingerprint density at radius 2 is 2.00 bits per heavy atom. The number of para-hydroxylation sites is 1. The Morgan fingerprint density at radius 1 is 1.14 bits per heavy atom. The maximum atomic E-state index is 12.8. The van der Waals surface area contributed by atoms with Crippen molar-refractivity contribution in [3.05, 3.63) is 57.5 Å². The van der Waals surface area contributed by atoms with Crippen LogP contribution in [0, 0.1) is 0 Å². The lowest BCUT2D eigenvalue weighted by Gasteiger charge is -2.02. The number of rotatable bonds is 1. The molecule has 5 nitrogen and oxygen atoms in total. The lowest BCUT2D eigenvalue weighted by Crippen LogP contribution is -2.16. The Labute approximate surface area is 129 Å². The minimum atomic E-state index is -0.0471. The van der Waals surface area contributed by atoms with E-state index >= 15 is 0 Å². The van der Waals surface area contributed by atoms with Gasteiger partial charge in [0.1, 0.15) is 11.2 Å². The molecule has 0 bridgehead atoms. The van der Waals surface area contributed by atoms with Gasteiger partial charge >= 0.3 is 0 Å². The maximum absolute atomic E-state index is 12.8. The zero-order chi connectivity index (χ0) is 14.7. The summed E-state index contributed by atoms with van der Waals surface area (Å²) in [6.45, 7) is 0. The predicted molar refractivity (Wildman–Crippen MR) is 86.0 cm³/mol. The molecule has 3 aromatic heterocycles. The highest BCUT2D eigenvalue weighted by Crippen LogP contribution is 2.34. The monoisotopic (exact) mass is 308 g/mol.